The van der Waals surface area contributed by atoms with Gasteiger partial charge in [0, 0.05) is 29.2 Å². The molecule has 1 aromatic carbocycles. The van der Waals surface area contributed by atoms with Crippen molar-refractivity contribution in [2.24, 2.45) is 0 Å². The molecular formula is C15H17BrN2O. The van der Waals surface area contributed by atoms with Crippen molar-refractivity contribution in [3.63, 3.8) is 0 Å². The maximum atomic E-state index is 5.63. The zero-order valence-corrected chi connectivity index (χ0v) is 12.3. The van der Waals surface area contributed by atoms with E-state index < -0.39 is 0 Å². The molecule has 1 fully saturated rings. The van der Waals surface area contributed by atoms with E-state index in [0.717, 1.165) is 40.6 Å². The Balaban J connectivity index is 1.70. The molecule has 0 spiro atoms. The maximum absolute atomic E-state index is 5.63. The molecule has 1 unspecified atom stereocenters. The highest BCUT2D eigenvalue weighted by Gasteiger charge is 2.14. The van der Waals surface area contributed by atoms with Crippen molar-refractivity contribution in [1.29, 1.82) is 0 Å². The topological polar surface area (TPSA) is 34.2 Å². The molecule has 100 valence electrons. The molecule has 1 aromatic heterocycles. The van der Waals surface area contributed by atoms with Gasteiger partial charge in [-0.2, -0.15) is 0 Å². The summed E-state index contributed by atoms with van der Waals surface area (Å²) in [6.07, 6.45) is 5.74. The summed E-state index contributed by atoms with van der Waals surface area (Å²) in [4.78, 5) is 4.49. The Bertz CT molecular complexity index is 567. The van der Waals surface area contributed by atoms with Crippen molar-refractivity contribution in [1.82, 2.24) is 4.98 Å². The molecule has 3 rings (SSSR count). The zero-order valence-electron chi connectivity index (χ0n) is 10.7. The first-order chi connectivity index (χ1) is 9.33. The smallest absolute Gasteiger partial charge is 0.0934 e. The Morgan fingerprint density at radius 1 is 1.42 bits per heavy atom. The number of para-hydroxylation sites is 1. The van der Waals surface area contributed by atoms with Crippen LogP contribution >= 0.6 is 15.9 Å². The summed E-state index contributed by atoms with van der Waals surface area (Å²) in [6.45, 7) is 1.86. The predicted octanol–water partition coefficient (Wildman–Crippen LogP) is 3.98. The first kappa shape index (κ1) is 12.9. The van der Waals surface area contributed by atoms with Gasteiger partial charge in [-0.3, -0.25) is 4.98 Å². The van der Waals surface area contributed by atoms with Gasteiger partial charge in [0.05, 0.1) is 17.3 Å². The van der Waals surface area contributed by atoms with Gasteiger partial charge in [-0.1, -0.05) is 12.1 Å². The van der Waals surface area contributed by atoms with E-state index in [1.807, 2.05) is 6.20 Å². The van der Waals surface area contributed by atoms with Gasteiger partial charge < -0.3 is 10.1 Å². The molecule has 1 atom stereocenters. The molecule has 2 aromatic rings. The molecule has 2 heterocycles. The summed E-state index contributed by atoms with van der Waals surface area (Å²) in [5.74, 6) is 0. The fourth-order valence-electron chi connectivity index (χ4n) is 2.52. The maximum Gasteiger partial charge on any atom is 0.0934 e. The van der Waals surface area contributed by atoms with Crippen molar-refractivity contribution < 1.29 is 4.74 Å². The zero-order chi connectivity index (χ0) is 13.1. The van der Waals surface area contributed by atoms with Crippen LogP contribution in [0.5, 0.6) is 0 Å². The lowest BCUT2D eigenvalue weighted by atomic mass is 10.1. The van der Waals surface area contributed by atoms with Gasteiger partial charge in [-0.05, 0) is 47.3 Å². The lowest BCUT2D eigenvalue weighted by Gasteiger charge is -2.12. The number of nitrogens with zero attached hydrogens (tertiary/aromatic N) is 1. The summed E-state index contributed by atoms with van der Waals surface area (Å²) in [5.41, 5.74) is 2.13. The van der Waals surface area contributed by atoms with E-state index in [1.165, 1.54) is 12.8 Å². The number of halogens is 1. The first-order valence-corrected chi connectivity index (χ1v) is 7.52. The van der Waals surface area contributed by atoms with Crippen LogP contribution in [0.4, 0.5) is 5.69 Å². The molecule has 1 aliphatic heterocycles. The molecule has 0 amide bonds. The predicted molar refractivity (Wildman–Crippen MR) is 81.5 cm³/mol. The second kappa shape index (κ2) is 5.88. The summed E-state index contributed by atoms with van der Waals surface area (Å²) in [7, 11) is 0. The number of nitrogens with one attached hydrogen (secondary N) is 1. The monoisotopic (exact) mass is 320 g/mol. The molecule has 0 radical (unpaired) electrons. The van der Waals surface area contributed by atoms with E-state index >= 15 is 0 Å². The van der Waals surface area contributed by atoms with E-state index in [9.17, 15) is 0 Å². The van der Waals surface area contributed by atoms with Crippen LogP contribution in [0.2, 0.25) is 0 Å². The van der Waals surface area contributed by atoms with Crippen LogP contribution in [0.25, 0.3) is 10.9 Å². The normalized spacial score (nSPS) is 18.9. The van der Waals surface area contributed by atoms with Crippen molar-refractivity contribution in [2.45, 2.75) is 25.4 Å². The number of ether oxygens (including phenoxy) is 1. The van der Waals surface area contributed by atoms with Gasteiger partial charge in [0.2, 0.25) is 0 Å². The molecule has 0 bridgehead atoms. The molecule has 1 aliphatic rings. The van der Waals surface area contributed by atoms with E-state index in [2.05, 4.69) is 50.5 Å². The number of pyridine rings is 1. The lowest BCUT2D eigenvalue weighted by molar-refractivity contribution is 0.107. The SMILES string of the molecule is Brc1cnc2c(NCCC3CCCO3)cccc2c1. The van der Waals surface area contributed by atoms with Crippen LogP contribution in [0, 0.1) is 0 Å². The van der Waals surface area contributed by atoms with Crippen LogP contribution in [0.1, 0.15) is 19.3 Å². The lowest BCUT2D eigenvalue weighted by Crippen LogP contribution is -2.12. The highest BCUT2D eigenvalue weighted by Crippen LogP contribution is 2.24. The summed E-state index contributed by atoms with van der Waals surface area (Å²) >= 11 is 3.45. The number of anilines is 1. The molecule has 0 saturated carbocycles. The minimum atomic E-state index is 0.435. The summed E-state index contributed by atoms with van der Waals surface area (Å²) < 4.78 is 6.64. The van der Waals surface area contributed by atoms with E-state index in [-0.39, 0.29) is 0 Å². The van der Waals surface area contributed by atoms with Gasteiger partial charge in [-0.25, -0.2) is 0 Å². The second-order valence-corrected chi connectivity index (χ2v) is 5.80. The van der Waals surface area contributed by atoms with Crippen molar-refractivity contribution in [3.05, 3.63) is 34.9 Å². The number of fused-ring (bicyclic) bond motifs is 1. The van der Waals surface area contributed by atoms with Crippen LogP contribution < -0.4 is 5.32 Å². The Morgan fingerprint density at radius 3 is 3.21 bits per heavy atom. The Morgan fingerprint density at radius 2 is 2.37 bits per heavy atom. The summed E-state index contributed by atoms with van der Waals surface area (Å²) in [5, 5.41) is 4.63. The highest BCUT2D eigenvalue weighted by molar-refractivity contribution is 9.10. The van der Waals surface area contributed by atoms with Crippen LogP contribution in [-0.4, -0.2) is 24.2 Å². The highest BCUT2D eigenvalue weighted by atomic mass is 79.9. The third-order valence-electron chi connectivity index (χ3n) is 3.48. The summed E-state index contributed by atoms with van der Waals surface area (Å²) in [6, 6.07) is 8.32. The number of hydrogen-bond acceptors (Lipinski definition) is 3. The van der Waals surface area contributed by atoms with Crippen LogP contribution in [0.15, 0.2) is 34.9 Å². The van der Waals surface area contributed by atoms with E-state index in [0.29, 0.717) is 6.10 Å². The van der Waals surface area contributed by atoms with Crippen molar-refractivity contribution in [2.75, 3.05) is 18.5 Å². The van der Waals surface area contributed by atoms with Gasteiger partial charge in [0.25, 0.3) is 0 Å². The molecule has 0 aliphatic carbocycles. The molecule has 4 heteroatoms. The fraction of sp³-hybridized carbons (Fsp3) is 0.400. The van der Waals surface area contributed by atoms with Gasteiger partial charge in [0.1, 0.15) is 0 Å². The Kier molecular flexibility index (Phi) is 3.99. The molecular weight excluding hydrogens is 304 g/mol. The number of rotatable bonds is 4. The van der Waals surface area contributed by atoms with E-state index in [4.69, 9.17) is 4.74 Å². The third kappa shape index (κ3) is 3.07. The minimum Gasteiger partial charge on any atom is -0.383 e. The Labute approximate surface area is 121 Å². The molecule has 3 nitrogen and oxygen atoms in total. The average molecular weight is 321 g/mol. The average Bonchev–Trinajstić information content (AvgIpc) is 2.92. The van der Waals surface area contributed by atoms with Gasteiger partial charge in [0.15, 0.2) is 0 Å². The van der Waals surface area contributed by atoms with E-state index in [1.54, 1.807) is 0 Å². The third-order valence-corrected chi connectivity index (χ3v) is 3.92. The fourth-order valence-corrected chi connectivity index (χ4v) is 2.87. The largest absolute Gasteiger partial charge is 0.383 e. The number of hydrogen-bond donors (Lipinski definition) is 1. The minimum absolute atomic E-state index is 0.435. The number of aromatic nitrogens is 1. The van der Waals surface area contributed by atoms with Gasteiger partial charge in [-0.15, -0.1) is 0 Å². The Hall–Kier alpha value is -1.13. The van der Waals surface area contributed by atoms with Crippen LogP contribution in [0.3, 0.4) is 0 Å². The van der Waals surface area contributed by atoms with Crippen molar-refractivity contribution >= 4 is 32.5 Å². The number of benzene rings is 1. The van der Waals surface area contributed by atoms with Crippen molar-refractivity contribution in [3.8, 4) is 0 Å². The van der Waals surface area contributed by atoms with Gasteiger partial charge >= 0.3 is 0 Å². The molecule has 19 heavy (non-hydrogen) atoms. The standard InChI is InChI=1S/C15H17BrN2O/c16-12-9-11-3-1-5-14(15(11)18-10-12)17-7-6-13-4-2-8-19-13/h1,3,5,9-10,13,17H,2,4,6-8H2. The quantitative estimate of drug-likeness (QED) is 0.925. The second-order valence-electron chi connectivity index (χ2n) is 4.88. The molecule has 1 saturated heterocycles. The molecule has 1 N–H and O–H groups in total. The first-order valence-electron chi connectivity index (χ1n) is 6.73. The van der Waals surface area contributed by atoms with Crippen LogP contribution in [-0.2, 0) is 4.74 Å².